The summed E-state index contributed by atoms with van der Waals surface area (Å²) in [5, 5.41) is 9.06. The van der Waals surface area contributed by atoms with Crippen molar-refractivity contribution in [3.8, 4) is 11.6 Å². The molecule has 0 unspecified atom stereocenters. The van der Waals surface area contributed by atoms with E-state index in [9.17, 15) is 4.79 Å². The highest BCUT2D eigenvalue weighted by Crippen LogP contribution is 2.34. The molecule has 0 radical (unpaired) electrons. The molecule has 2 heterocycles. The van der Waals surface area contributed by atoms with Crippen LogP contribution in [-0.4, -0.2) is 27.8 Å². The Balaban J connectivity index is 1.80. The first kappa shape index (κ1) is 22.1. The number of carbonyl (C=O) groups is 1. The molecule has 0 saturated carbocycles. The van der Waals surface area contributed by atoms with E-state index in [1.165, 1.54) is 12.7 Å². The Morgan fingerprint density at radius 1 is 1.00 bits per heavy atom. The molecular weight excluding hydrogens is 447 g/mol. The predicted octanol–water partition coefficient (Wildman–Crippen LogP) is 6.22. The van der Waals surface area contributed by atoms with E-state index in [4.69, 9.17) is 32.9 Å². The quantitative estimate of drug-likeness (QED) is 0.385. The second-order valence-corrected chi connectivity index (χ2v) is 8.56. The normalized spacial score (nSPS) is 11.1. The molecule has 0 spiro atoms. The van der Waals surface area contributed by atoms with E-state index in [1.807, 2.05) is 26.8 Å². The van der Waals surface area contributed by atoms with Crippen molar-refractivity contribution >= 4 is 45.8 Å². The molecule has 2 aromatic carbocycles. The van der Waals surface area contributed by atoms with Crippen molar-refractivity contribution in [2.75, 3.05) is 12.4 Å². The molecule has 4 aromatic rings. The van der Waals surface area contributed by atoms with Crippen LogP contribution in [0.25, 0.3) is 16.7 Å². The molecule has 0 saturated heterocycles. The Bertz CT molecular complexity index is 1380. The van der Waals surface area contributed by atoms with Gasteiger partial charge in [0.25, 0.3) is 5.91 Å². The number of rotatable bonds is 4. The van der Waals surface area contributed by atoms with Crippen LogP contribution in [0.1, 0.15) is 32.7 Å². The molecule has 0 atom stereocenters. The third kappa shape index (κ3) is 3.92. The summed E-state index contributed by atoms with van der Waals surface area (Å²) in [6, 6.07) is 11.1. The second-order valence-electron chi connectivity index (χ2n) is 7.75. The minimum atomic E-state index is -0.459. The first-order valence-corrected chi connectivity index (χ1v) is 10.7. The van der Waals surface area contributed by atoms with Gasteiger partial charge in [-0.25, -0.2) is 4.98 Å². The number of amides is 1. The van der Waals surface area contributed by atoms with Crippen molar-refractivity contribution < 1.29 is 9.53 Å². The maximum Gasteiger partial charge on any atom is 0.262 e. The van der Waals surface area contributed by atoms with E-state index in [-0.39, 0.29) is 16.3 Å². The van der Waals surface area contributed by atoms with E-state index in [2.05, 4.69) is 29.5 Å². The Morgan fingerprint density at radius 2 is 1.72 bits per heavy atom. The minimum Gasteiger partial charge on any atom is -0.494 e. The summed E-state index contributed by atoms with van der Waals surface area (Å²) in [5.41, 5.74) is 5.11. The summed E-state index contributed by atoms with van der Waals surface area (Å²) in [5.74, 6) is 0.820. The topological polar surface area (TPSA) is 69.0 Å². The number of hydrogen-bond donors (Lipinski definition) is 1. The number of aromatic nitrogens is 3. The van der Waals surface area contributed by atoms with Crippen LogP contribution in [0.3, 0.4) is 0 Å². The van der Waals surface area contributed by atoms with Gasteiger partial charge in [-0.3, -0.25) is 4.79 Å². The zero-order chi connectivity index (χ0) is 23.2. The van der Waals surface area contributed by atoms with Gasteiger partial charge >= 0.3 is 0 Å². The van der Waals surface area contributed by atoms with Crippen LogP contribution in [0.2, 0.25) is 10.0 Å². The summed E-state index contributed by atoms with van der Waals surface area (Å²) in [6.07, 6.45) is 0. The van der Waals surface area contributed by atoms with Crippen LogP contribution in [0.15, 0.2) is 36.4 Å². The van der Waals surface area contributed by atoms with Gasteiger partial charge in [0.2, 0.25) is 0 Å². The number of ether oxygens (including phenoxy) is 1. The third-order valence-corrected chi connectivity index (χ3v) is 5.83. The smallest absolute Gasteiger partial charge is 0.262 e. The van der Waals surface area contributed by atoms with Crippen molar-refractivity contribution in [3.63, 3.8) is 0 Å². The fourth-order valence-corrected chi connectivity index (χ4v) is 4.29. The maximum atomic E-state index is 13.1. The number of benzene rings is 2. The Labute approximate surface area is 196 Å². The van der Waals surface area contributed by atoms with Gasteiger partial charge in [-0.2, -0.15) is 9.78 Å². The van der Waals surface area contributed by atoms with Gasteiger partial charge in [-0.15, -0.1) is 0 Å². The SMILES string of the molecule is COc1c(Cl)ccc(Cl)c1C(=O)Nc1cc(C)nn1-c1cc(C)c2cc(C)cc(C)c2n1. The molecule has 164 valence electrons. The Kier molecular flexibility index (Phi) is 5.84. The number of nitrogens with zero attached hydrogens (tertiary/aromatic N) is 3. The Hall–Kier alpha value is -3.09. The largest absolute Gasteiger partial charge is 0.494 e. The van der Waals surface area contributed by atoms with E-state index in [0.717, 1.165) is 27.7 Å². The summed E-state index contributed by atoms with van der Waals surface area (Å²) < 4.78 is 6.93. The van der Waals surface area contributed by atoms with E-state index >= 15 is 0 Å². The van der Waals surface area contributed by atoms with Gasteiger partial charge in [0.05, 0.1) is 28.4 Å². The van der Waals surface area contributed by atoms with Crippen LogP contribution in [0.4, 0.5) is 5.82 Å². The Morgan fingerprint density at radius 3 is 2.44 bits per heavy atom. The molecule has 0 aliphatic heterocycles. The molecule has 4 rings (SSSR count). The van der Waals surface area contributed by atoms with Gasteiger partial charge < -0.3 is 10.1 Å². The number of halogens is 2. The summed E-state index contributed by atoms with van der Waals surface area (Å²) in [6.45, 7) is 7.99. The number of anilines is 1. The predicted molar refractivity (Wildman–Crippen MR) is 129 cm³/mol. The van der Waals surface area contributed by atoms with Gasteiger partial charge in [0.15, 0.2) is 11.6 Å². The number of aryl methyl sites for hydroxylation is 4. The van der Waals surface area contributed by atoms with Crippen molar-refractivity contribution in [3.05, 3.63) is 74.4 Å². The first-order valence-electron chi connectivity index (χ1n) is 9.98. The lowest BCUT2D eigenvalue weighted by molar-refractivity contribution is 0.102. The van der Waals surface area contributed by atoms with Gasteiger partial charge in [0.1, 0.15) is 11.4 Å². The number of methoxy groups -OCH3 is 1. The highest BCUT2D eigenvalue weighted by molar-refractivity contribution is 6.37. The molecule has 0 aliphatic rings. The lowest BCUT2D eigenvalue weighted by Gasteiger charge is -2.14. The fraction of sp³-hybridized carbons (Fsp3) is 0.208. The molecule has 0 aliphatic carbocycles. The fourth-order valence-electron chi connectivity index (χ4n) is 3.82. The highest BCUT2D eigenvalue weighted by atomic mass is 35.5. The van der Waals surface area contributed by atoms with Gasteiger partial charge in [0, 0.05) is 11.5 Å². The lowest BCUT2D eigenvalue weighted by Crippen LogP contribution is -2.17. The van der Waals surface area contributed by atoms with Crippen LogP contribution < -0.4 is 10.1 Å². The van der Waals surface area contributed by atoms with E-state index in [0.29, 0.717) is 16.7 Å². The van der Waals surface area contributed by atoms with Crippen LogP contribution in [0, 0.1) is 27.7 Å². The average Bonchev–Trinajstić information content (AvgIpc) is 3.09. The molecule has 0 fully saturated rings. The van der Waals surface area contributed by atoms with Gasteiger partial charge in [-0.1, -0.05) is 34.8 Å². The third-order valence-electron chi connectivity index (χ3n) is 5.22. The molecule has 2 aromatic heterocycles. The number of fused-ring (bicyclic) bond motifs is 1. The molecule has 0 bridgehead atoms. The maximum absolute atomic E-state index is 13.1. The van der Waals surface area contributed by atoms with E-state index < -0.39 is 5.91 Å². The summed E-state index contributed by atoms with van der Waals surface area (Å²) >= 11 is 12.5. The average molecular weight is 469 g/mol. The second kappa shape index (κ2) is 8.45. The van der Waals surface area contributed by atoms with Crippen molar-refractivity contribution in [2.24, 2.45) is 0 Å². The van der Waals surface area contributed by atoms with Crippen LogP contribution in [0.5, 0.6) is 5.75 Å². The molecular formula is C24H22Cl2N4O2. The highest BCUT2D eigenvalue weighted by Gasteiger charge is 2.22. The zero-order valence-corrected chi connectivity index (χ0v) is 19.9. The number of hydrogen-bond acceptors (Lipinski definition) is 4. The van der Waals surface area contributed by atoms with E-state index in [1.54, 1.807) is 22.9 Å². The minimum absolute atomic E-state index is 0.154. The first-order chi connectivity index (χ1) is 15.2. The molecule has 6 nitrogen and oxygen atoms in total. The summed E-state index contributed by atoms with van der Waals surface area (Å²) in [4.78, 5) is 18.0. The number of nitrogens with one attached hydrogen (secondary N) is 1. The van der Waals surface area contributed by atoms with Crippen molar-refractivity contribution in [2.45, 2.75) is 27.7 Å². The standard InChI is InChI=1S/C24H22Cl2N4O2/c1-12-8-14(3)22-16(9-12)13(2)10-19(27-22)30-20(11-15(4)29-30)28-24(31)21-17(25)6-7-18(26)23(21)32-5/h6-11H,1-5H3,(H,28,31). The molecule has 8 heteroatoms. The number of carbonyl (C=O) groups excluding carboxylic acids is 1. The summed E-state index contributed by atoms with van der Waals surface area (Å²) in [7, 11) is 1.44. The van der Waals surface area contributed by atoms with Crippen molar-refractivity contribution in [1.82, 2.24) is 14.8 Å². The molecule has 1 N–H and O–H groups in total. The van der Waals surface area contributed by atoms with Gasteiger partial charge in [-0.05, 0) is 63.1 Å². The molecule has 32 heavy (non-hydrogen) atoms. The number of pyridine rings is 1. The lowest BCUT2D eigenvalue weighted by atomic mass is 10.0. The van der Waals surface area contributed by atoms with Crippen LogP contribution >= 0.6 is 23.2 Å². The van der Waals surface area contributed by atoms with Crippen LogP contribution in [-0.2, 0) is 0 Å². The monoisotopic (exact) mass is 468 g/mol. The molecule has 1 amide bonds. The zero-order valence-electron chi connectivity index (χ0n) is 18.4. The van der Waals surface area contributed by atoms with Crippen molar-refractivity contribution in [1.29, 1.82) is 0 Å².